The molecule has 0 heterocycles. The van der Waals surface area contributed by atoms with Crippen LogP contribution in [0.5, 0.6) is 0 Å². The topological polar surface area (TPSA) is 148 Å². The fourth-order valence-electron chi connectivity index (χ4n) is 8.72. The van der Waals surface area contributed by atoms with Crippen LogP contribution in [0.3, 0.4) is 0 Å². The van der Waals surface area contributed by atoms with Gasteiger partial charge in [0.15, 0.2) is 0 Å². The van der Waals surface area contributed by atoms with Crippen LogP contribution in [0, 0.1) is 23.7 Å². The molecule has 2 aromatic rings. The molecule has 0 radical (unpaired) electrons. The van der Waals surface area contributed by atoms with Crippen LogP contribution in [0.4, 0.5) is 0 Å². The van der Waals surface area contributed by atoms with Gasteiger partial charge in [0.1, 0.15) is 12.1 Å². The molecule has 6 N–H and O–H groups in total. The Morgan fingerprint density at radius 2 is 1.45 bits per heavy atom. The Balaban J connectivity index is 1.27. The zero-order valence-corrected chi connectivity index (χ0v) is 30.3. The number of amides is 4. The third kappa shape index (κ3) is 9.25. The first-order chi connectivity index (χ1) is 23.3. The number of nitrogens with two attached hydrogens (primary N) is 2. The molecule has 1 unspecified atom stereocenters. The molecule has 49 heavy (non-hydrogen) atoms. The molecule has 4 bridgehead atoms. The van der Waals surface area contributed by atoms with E-state index in [-0.39, 0.29) is 23.9 Å². The second-order valence-electron chi connectivity index (χ2n) is 15.6. The lowest BCUT2D eigenvalue weighted by molar-refractivity contribution is -0.153. The van der Waals surface area contributed by atoms with Crippen molar-refractivity contribution in [2.75, 3.05) is 18.6 Å². The molecule has 9 nitrogen and oxygen atoms in total. The van der Waals surface area contributed by atoms with Crippen LogP contribution in [-0.2, 0) is 37.4 Å². The number of hydrogen-bond donors (Lipinski definition) is 4. The fraction of sp³-hybridized carbons (Fsp3) is 0.590. The smallest absolute Gasteiger partial charge is 0.243 e. The van der Waals surface area contributed by atoms with Crippen molar-refractivity contribution in [2.24, 2.45) is 35.1 Å². The summed E-state index contributed by atoms with van der Waals surface area (Å²) >= 11 is 1.57. The quantitative estimate of drug-likeness (QED) is 0.223. The first-order valence-electron chi connectivity index (χ1n) is 17.9. The molecule has 4 amide bonds. The highest BCUT2D eigenvalue weighted by Crippen LogP contribution is 2.55. The van der Waals surface area contributed by atoms with Gasteiger partial charge < -0.3 is 27.0 Å². The number of nitrogens with one attached hydrogen (secondary N) is 2. The minimum absolute atomic E-state index is 0.0204. The molecule has 0 aliphatic heterocycles. The summed E-state index contributed by atoms with van der Waals surface area (Å²) in [6.07, 6.45) is 8.50. The van der Waals surface area contributed by atoms with Gasteiger partial charge in [-0.3, -0.25) is 19.2 Å². The number of thioether (sulfide) groups is 1. The van der Waals surface area contributed by atoms with Crippen molar-refractivity contribution in [1.82, 2.24) is 15.5 Å². The van der Waals surface area contributed by atoms with Crippen molar-refractivity contribution in [3.63, 3.8) is 0 Å². The first-order valence-corrected chi connectivity index (χ1v) is 19.3. The maximum absolute atomic E-state index is 14.3. The van der Waals surface area contributed by atoms with E-state index in [4.69, 9.17) is 11.5 Å². The molecule has 4 aliphatic carbocycles. The third-order valence-electron chi connectivity index (χ3n) is 11.0. The molecule has 4 aliphatic rings. The SMILES string of the molecule is CSCC[C@@H](NC(=O)C(N)Cc1ccc(C(C)(C)C)cc1)C(=O)NCC(=O)N(C1C2CC3CC(C2)CC1C3)[C@@H](Cc1ccccc1)C(N)=O. The van der Waals surface area contributed by atoms with Crippen molar-refractivity contribution in [3.05, 3.63) is 71.3 Å². The first kappa shape index (κ1) is 36.9. The second kappa shape index (κ2) is 16.1. The highest BCUT2D eigenvalue weighted by molar-refractivity contribution is 7.98. The van der Waals surface area contributed by atoms with E-state index < -0.39 is 35.8 Å². The average molecular weight is 690 g/mol. The summed E-state index contributed by atoms with van der Waals surface area (Å²) in [4.78, 5) is 55.9. The van der Waals surface area contributed by atoms with Gasteiger partial charge in [0.05, 0.1) is 12.6 Å². The molecule has 4 saturated carbocycles. The number of carbonyl (C=O) groups is 4. The number of benzene rings is 2. The Morgan fingerprint density at radius 3 is 2.00 bits per heavy atom. The van der Waals surface area contributed by atoms with Crippen LogP contribution in [0.1, 0.15) is 76.0 Å². The number of hydrogen-bond acceptors (Lipinski definition) is 6. The lowest BCUT2D eigenvalue weighted by Crippen LogP contribution is -2.64. The molecule has 4 fully saturated rings. The maximum atomic E-state index is 14.3. The van der Waals surface area contributed by atoms with Crippen molar-refractivity contribution in [1.29, 1.82) is 0 Å². The van der Waals surface area contributed by atoms with Crippen LogP contribution in [-0.4, -0.2) is 71.2 Å². The van der Waals surface area contributed by atoms with E-state index in [1.165, 1.54) is 12.0 Å². The van der Waals surface area contributed by atoms with Crippen molar-refractivity contribution in [3.8, 4) is 0 Å². The highest BCUT2D eigenvalue weighted by Gasteiger charge is 2.52. The molecule has 6 rings (SSSR count). The summed E-state index contributed by atoms with van der Waals surface area (Å²) in [6.45, 7) is 6.17. The van der Waals surface area contributed by atoms with E-state index in [0.717, 1.165) is 36.8 Å². The monoisotopic (exact) mass is 689 g/mol. The van der Waals surface area contributed by atoms with E-state index >= 15 is 0 Å². The number of carbonyl (C=O) groups excluding carboxylic acids is 4. The fourth-order valence-corrected chi connectivity index (χ4v) is 9.19. The Morgan fingerprint density at radius 1 is 0.857 bits per heavy atom. The summed E-state index contributed by atoms with van der Waals surface area (Å²) in [7, 11) is 0. The number of primary amides is 1. The summed E-state index contributed by atoms with van der Waals surface area (Å²) in [5.41, 5.74) is 15.5. The lowest BCUT2D eigenvalue weighted by atomic mass is 9.53. The van der Waals surface area contributed by atoms with E-state index in [9.17, 15) is 19.2 Å². The molecule has 266 valence electrons. The van der Waals surface area contributed by atoms with Gasteiger partial charge in [0.25, 0.3) is 0 Å². The Bertz CT molecular complexity index is 1430. The zero-order valence-electron chi connectivity index (χ0n) is 29.5. The minimum atomic E-state index is -0.854. The number of rotatable bonds is 15. The Hall–Kier alpha value is -3.37. The summed E-state index contributed by atoms with van der Waals surface area (Å²) in [6, 6.07) is 15.1. The predicted molar refractivity (Wildman–Crippen MR) is 196 cm³/mol. The molecule has 10 heteroatoms. The Labute approximate surface area is 296 Å². The summed E-state index contributed by atoms with van der Waals surface area (Å²) < 4.78 is 0. The standard InChI is InChI=1S/C39H55N5O4S/c1-39(2,3)30-12-10-25(11-13-30)21-31(40)37(47)43-32(14-15-49-4)38(48)42-23-34(45)44(33(36(41)46)22-24-8-6-5-7-9-24)35-28-17-26-16-27(19-28)20-29(35)18-26/h5-13,26-29,31-33,35H,14-23,40H2,1-4H3,(H2,41,46)(H,42,48)(H,43,47)/t26?,27?,28?,29?,31?,32-,33+,35?/m1/s1. The summed E-state index contributed by atoms with van der Waals surface area (Å²) in [5, 5.41) is 5.67. The predicted octanol–water partition coefficient (Wildman–Crippen LogP) is 3.96. The molecule has 2 aromatic carbocycles. The van der Waals surface area contributed by atoms with Gasteiger partial charge >= 0.3 is 0 Å². The van der Waals surface area contributed by atoms with Crippen LogP contribution in [0.2, 0.25) is 0 Å². The summed E-state index contributed by atoms with van der Waals surface area (Å²) in [5.74, 6) is 0.956. The van der Waals surface area contributed by atoms with Gasteiger partial charge in [-0.15, -0.1) is 0 Å². The highest BCUT2D eigenvalue weighted by atomic mass is 32.2. The molecule has 3 atom stereocenters. The molecular weight excluding hydrogens is 635 g/mol. The normalized spacial score (nSPS) is 24.5. The van der Waals surface area contributed by atoms with E-state index in [1.807, 2.05) is 48.7 Å². The number of nitrogens with zero attached hydrogens (tertiary/aromatic N) is 1. The van der Waals surface area contributed by atoms with Crippen LogP contribution in [0.25, 0.3) is 0 Å². The van der Waals surface area contributed by atoms with Crippen LogP contribution in [0.15, 0.2) is 54.6 Å². The lowest BCUT2D eigenvalue weighted by Gasteiger charge is -2.58. The van der Waals surface area contributed by atoms with Gasteiger partial charge in [-0.2, -0.15) is 11.8 Å². The molecule has 0 saturated heterocycles. The van der Waals surface area contributed by atoms with Crippen molar-refractivity contribution in [2.45, 2.75) is 102 Å². The maximum Gasteiger partial charge on any atom is 0.243 e. The van der Waals surface area contributed by atoms with E-state index in [1.54, 1.807) is 16.7 Å². The van der Waals surface area contributed by atoms with Gasteiger partial charge in [0.2, 0.25) is 23.6 Å². The van der Waals surface area contributed by atoms with Gasteiger partial charge in [-0.1, -0.05) is 75.4 Å². The molecular formula is C39H55N5O4S. The van der Waals surface area contributed by atoms with Crippen molar-refractivity contribution >= 4 is 35.4 Å². The van der Waals surface area contributed by atoms with Crippen LogP contribution < -0.4 is 22.1 Å². The largest absolute Gasteiger partial charge is 0.368 e. The minimum Gasteiger partial charge on any atom is -0.368 e. The van der Waals surface area contributed by atoms with Gasteiger partial charge in [-0.05, 0) is 103 Å². The van der Waals surface area contributed by atoms with E-state index in [0.29, 0.717) is 48.7 Å². The van der Waals surface area contributed by atoms with E-state index in [2.05, 4.69) is 43.5 Å². The zero-order chi connectivity index (χ0) is 35.3. The van der Waals surface area contributed by atoms with Crippen LogP contribution >= 0.6 is 11.8 Å². The molecule has 0 spiro atoms. The second-order valence-corrected chi connectivity index (χ2v) is 16.6. The van der Waals surface area contributed by atoms with Gasteiger partial charge in [-0.25, -0.2) is 0 Å². The van der Waals surface area contributed by atoms with Crippen molar-refractivity contribution < 1.29 is 19.2 Å². The Kier molecular flexibility index (Phi) is 12.1. The molecule has 0 aromatic heterocycles. The third-order valence-corrected chi connectivity index (χ3v) is 11.6. The average Bonchev–Trinajstić information content (AvgIpc) is 3.06. The van der Waals surface area contributed by atoms with Gasteiger partial charge in [0, 0.05) is 12.5 Å².